The molecule has 6 nitrogen and oxygen atoms in total. The number of rotatable bonds is 4. The van der Waals surface area contributed by atoms with Crippen molar-refractivity contribution in [3.05, 3.63) is 23.5 Å². The first-order valence-corrected chi connectivity index (χ1v) is 9.11. The van der Waals surface area contributed by atoms with Gasteiger partial charge in [0.05, 0.1) is 11.8 Å². The van der Waals surface area contributed by atoms with Crippen LogP contribution < -0.4 is 5.32 Å². The van der Waals surface area contributed by atoms with Crippen LogP contribution in [-0.2, 0) is 10.0 Å². The van der Waals surface area contributed by atoms with Crippen LogP contribution in [0, 0.1) is 18.8 Å². The minimum atomic E-state index is -3.20. The van der Waals surface area contributed by atoms with Crippen LogP contribution in [-0.4, -0.2) is 49.0 Å². The number of hydrogen-bond donors (Lipinski definition) is 2. The van der Waals surface area contributed by atoms with Crippen molar-refractivity contribution in [1.82, 2.24) is 14.6 Å². The van der Waals surface area contributed by atoms with Crippen LogP contribution in [0.2, 0.25) is 0 Å². The number of H-pyrrole nitrogens is 1. The lowest BCUT2D eigenvalue weighted by molar-refractivity contribution is 0.0928. The lowest BCUT2D eigenvalue weighted by Gasteiger charge is -2.19. The van der Waals surface area contributed by atoms with Crippen LogP contribution in [0.15, 0.2) is 12.3 Å². The summed E-state index contributed by atoms with van der Waals surface area (Å²) in [7, 11) is -3.20. The van der Waals surface area contributed by atoms with Gasteiger partial charge in [-0.1, -0.05) is 0 Å². The van der Waals surface area contributed by atoms with Gasteiger partial charge in [-0.05, 0) is 37.7 Å². The van der Waals surface area contributed by atoms with Gasteiger partial charge in [-0.15, -0.1) is 0 Å². The SMILES string of the molecule is Cc1[nH]ccc1C(=O)N[C@H]1CN(S(C)(=O)=O)C[C@@H]1C1CC1. The number of nitrogens with zero attached hydrogens (tertiary/aromatic N) is 1. The van der Waals surface area contributed by atoms with Gasteiger partial charge in [0.15, 0.2) is 0 Å². The minimum absolute atomic E-state index is 0.0889. The lowest BCUT2D eigenvalue weighted by Crippen LogP contribution is -2.41. The van der Waals surface area contributed by atoms with E-state index in [1.165, 1.54) is 10.6 Å². The van der Waals surface area contributed by atoms with Crippen molar-refractivity contribution in [3.8, 4) is 0 Å². The van der Waals surface area contributed by atoms with E-state index in [0.717, 1.165) is 18.5 Å². The number of aromatic nitrogens is 1. The molecule has 2 atom stereocenters. The van der Waals surface area contributed by atoms with Gasteiger partial charge in [0.25, 0.3) is 5.91 Å². The summed E-state index contributed by atoms with van der Waals surface area (Å²) in [5.74, 6) is 0.664. The monoisotopic (exact) mass is 311 g/mol. The van der Waals surface area contributed by atoms with Crippen LogP contribution in [0.4, 0.5) is 0 Å². The third kappa shape index (κ3) is 2.98. The van der Waals surface area contributed by atoms with E-state index in [0.29, 0.717) is 24.6 Å². The van der Waals surface area contributed by atoms with Crippen LogP contribution >= 0.6 is 0 Å². The second kappa shape index (κ2) is 5.14. The molecule has 7 heteroatoms. The molecule has 1 saturated carbocycles. The number of nitrogens with one attached hydrogen (secondary N) is 2. The second-order valence-corrected chi connectivity index (χ2v) is 8.16. The highest BCUT2D eigenvalue weighted by molar-refractivity contribution is 7.88. The zero-order chi connectivity index (χ0) is 15.2. The molecule has 0 radical (unpaired) electrons. The molecule has 0 spiro atoms. The summed E-state index contributed by atoms with van der Waals surface area (Å²) >= 11 is 0. The first kappa shape index (κ1) is 14.6. The van der Waals surface area contributed by atoms with Crippen LogP contribution in [0.1, 0.15) is 28.9 Å². The largest absolute Gasteiger partial charge is 0.365 e. The van der Waals surface area contributed by atoms with E-state index in [2.05, 4.69) is 10.3 Å². The molecule has 0 bridgehead atoms. The molecule has 1 amide bonds. The van der Waals surface area contributed by atoms with E-state index in [4.69, 9.17) is 0 Å². The van der Waals surface area contributed by atoms with Gasteiger partial charge < -0.3 is 10.3 Å². The molecule has 1 aliphatic heterocycles. The average molecular weight is 311 g/mol. The fourth-order valence-corrected chi connectivity index (χ4v) is 4.04. The van der Waals surface area contributed by atoms with E-state index in [1.807, 2.05) is 6.92 Å². The van der Waals surface area contributed by atoms with Gasteiger partial charge in [-0.2, -0.15) is 4.31 Å². The smallest absolute Gasteiger partial charge is 0.253 e. The van der Waals surface area contributed by atoms with Crippen molar-refractivity contribution in [3.63, 3.8) is 0 Å². The Kier molecular flexibility index (Phi) is 3.57. The quantitative estimate of drug-likeness (QED) is 0.860. The highest BCUT2D eigenvalue weighted by Gasteiger charge is 2.45. The van der Waals surface area contributed by atoms with Gasteiger partial charge in [0.2, 0.25) is 10.0 Å². The lowest BCUT2D eigenvalue weighted by atomic mass is 9.98. The summed E-state index contributed by atoms with van der Waals surface area (Å²) in [6.45, 7) is 2.76. The normalized spacial score (nSPS) is 27.0. The van der Waals surface area contributed by atoms with Gasteiger partial charge >= 0.3 is 0 Å². The number of amides is 1. The summed E-state index contributed by atoms with van der Waals surface area (Å²) in [5.41, 5.74) is 1.45. The zero-order valence-electron chi connectivity index (χ0n) is 12.3. The van der Waals surface area contributed by atoms with Crippen molar-refractivity contribution >= 4 is 15.9 Å². The molecule has 2 heterocycles. The summed E-state index contributed by atoms with van der Waals surface area (Å²) in [6, 6.07) is 1.66. The first-order chi connectivity index (χ1) is 9.86. The highest BCUT2D eigenvalue weighted by atomic mass is 32.2. The maximum atomic E-state index is 12.3. The molecule has 21 heavy (non-hydrogen) atoms. The minimum Gasteiger partial charge on any atom is -0.365 e. The van der Waals surface area contributed by atoms with Crippen LogP contribution in [0.5, 0.6) is 0 Å². The molecule has 1 aromatic rings. The molecule has 3 rings (SSSR count). The fourth-order valence-electron chi connectivity index (χ4n) is 3.16. The third-order valence-electron chi connectivity index (χ3n) is 4.54. The Bertz CT molecular complexity index is 648. The molecule has 116 valence electrons. The van der Waals surface area contributed by atoms with Crippen molar-refractivity contribution in [2.75, 3.05) is 19.3 Å². The van der Waals surface area contributed by atoms with Gasteiger partial charge in [0, 0.05) is 31.0 Å². The van der Waals surface area contributed by atoms with Crippen molar-refractivity contribution in [2.45, 2.75) is 25.8 Å². The van der Waals surface area contributed by atoms with Crippen molar-refractivity contribution < 1.29 is 13.2 Å². The fraction of sp³-hybridized carbons (Fsp3) is 0.643. The summed E-state index contributed by atoms with van der Waals surface area (Å²) in [6.07, 6.45) is 5.24. The molecule has 0 aromatic carbocycles. The molecule has 2 aliphatic rings. The molecule has 1 aromatic heterocycles. The molecule has 0 unspecified atom stereocenters. The van der Waals surface area contributed by atoms with Crippen molar-refractivity contribution in [1.29, 1.82) is 0 Å². The number of hydrogen-bond acceptors (Lipinski definition) is 3. The molecule has 2 N–H and O–H groups in total. The first-order valence-electron chi connectivity index (χ1n) is 7.26. The number of carbonyl (C=O) groups excluding carboxylic acids is 1. The van der Waals surface area contributed by atoms with E-state index < -0.39 is 10.0 Å². The van der Waals surface area contributed by atoms with Crippen LogP contribution in [0.25, 0.3) is 0 Å². The summed E-state index contributed by atoms with van der Waals surface area (Å²) in [4.78, 5) is 15.3. The van der Waals surface area contributed by atoms with Gasteiger partial charge in [0.1, 0.15) is 0 Å². The highest BCUT2D eigenvalue weighted by Crippen LogP contribution is 2.42. The van der Waals surface area contributed by atoms with E-state index in [1.54, 1.807) is 12.3 Å². The topological polar surface area (TPSA) is 82.3 Å². The Morgan fingerprint density at radius 3 is 2.62 bits per heavy atom. The Labute approximate surface area is 125 Å². The third-order valence-corrected chi connectivity index (χ3v) is 5.78. The predicted octanol–water partition coefficient (Wildman–Crippen LogP) is 0.723. The zero-order valence-corrected chi connectivity index (χ0v) is 13.1. The van der Waals surface area contributed by atoms with Crippen LogP contribution in [0.3, 0.4) is 0 Å². The van der Waals surface area contributed by atoms with Crippen molar-refractivity contribution in [2.24, 2.45) is 11.8 Å². The Morgan fingerprint density at radius 2 is 2.10 bits per heavy atom. The maximum Gasteiger partial charge on any atom is 0.253 e. The van der Waals surface area contributed by atoms with E-state index >= 15 is 0 Å². The molecule has 1 aliphatic carbocycles. The Morgan fingerprint density at radius 1 is 1.38 bits per heavy atom. The molecule has 2 fully saturated rings. The summed E-state index contributed by atoms with van der Waals surface area (Å²) < 4.78 is 25.0. The predicted molar refractivity (Wildman–Crippen MR) is 79.4 cm³/mol. The Balaban J connectivity index is 1.74. The van der Waals surface area contributed by atoms with E-state index in [-0.39, 0.29) is 17.9 Å². The van der Waals surface area contributed by atoms with Gasteiger partial charge in [-0.3, -0.25) is 4.79 Å². The maximum absolute atomic E-state index is 12.3. The standard InChI is InChI=1S/C14H21N3O3S/c1-9-11(5-6-15-9)14(18)16-13-8-17(21(2,19)20)7-12(13)10-3-4-10/h5-6,10,12-13,15H,3-4,7-8H2,1-2H3,(H,16,18)/t12-,13+/m1/s1. The van der Waals surface area contributed by atoms with E-state index in [9.17, 15) is 13.2 Å². The number of carbonyl (C=O) groups is 1. The molecule has 1 saturated heterocycles. The Hall–Kier alpha value is -1.34. The number of aryl methyl sites for hydroxylation is 1. The summed E-state index contributed by atoms with van der Waals surface area (Å²) in [5, 5.41) is 3.03. The average Bonchev–Trinajstić information content (AvgIpc) is 2.99. The van der Waals surface area contributed by atoms with Gasteiger partial charge in [-0.25, -0.2) is 8.42 Å². The number of sulfonamides is 1. The number of aromatic amines is 1. The molecular formula is C14H21N3O3S. The second-order valence-electron chi connectivity index (χ2n) is 6.18. The molecular weight excluding hydrogens is 290 g/mol.